The molecule has 2 fully saturated rings. The van der Waals surface area contributed by atoms with E-state index >= 15 is 0 Å². The Labute approximate surface area is 140 Å². The minimum absolute atomic E-state index is 0.0278. The van der Waals surface area contributed by atoms with Crippen LogP contribution in [0.5, 0.6) is 0 Å². The zero-order chi connectivity index (χ0) is 17.3. The molecule has 0 aromatic heterocycles. The number of nitrogens with zero attached hydrogens (tertiary/aromatic N) is 2. The first-order valence-electron chi connectivity index (χ1n) is 8.22. The zero-order valence-electron chi connectivity index (χ0n) is 13.9. The van der Waals surface area contributed by atoms with Crippen LogP contribution in [0.25, 0.3) is 0 Å². The summed E-state index contributed by atoms with van der Waals surface area (Å²) in [6.07, 6.45) is 2.56. The lowest BCUT2D eigenvalue weighted by Gasteiger charge is -2.38. The lowest BCUT2D eigenvalue weighted by atomic mass is 10.1. The number of morpholine rings is 1. The Kier molecular flexibility index (Phi) is 4.71. The number of ether oxygens (including phenoxy) is 2. The lowest BCUT2D eigenvalue weighted by Crippen LogP contribution is -2.47. The summed E-state index contributed by atoms with van der Waals surface area (Å²) in [4.78, 5) is 24.6. The predicted octanol–water partition coefficient (Wildman–Crippen LogP) is 2.31. The van der Waals surface area contributed by atoms with Crippen LogP contribution in [0.4, 0.5) is 11.4 Å². The van der Waals surface area contributed by atoms with Crippen molar-refractivity contribution in [2.24, 2.45) is 5.92 Å². The average Bonchev–Trinajstić information content (AvgIpc) is 3.39. The van der Waals surface area contributed by atoms with Gasteiger partial charge in [0.1, 0.15) is 5.69 Å². The first-order chi connectivity index (χ1) is 11.5. The van der Waals surface area contributed by atoms with Crippen LogP contribution < -0.4 is 4.90 Å². The van der Waals surface area contributed by atoms with Gasteiger partial charge in [0.05, 0.1) is 30.7 Å². The van der Waals surface area contributed by atoms with Gasteiger partial charge in [0.15, 0.2) is 0 Å². The number of rotatable bonds is 5. The zero-order valence-corrected chi connectivity index (χ0v) is 13.9. The van der Waals surface area contributed by atoms with Crippen LogP contribution in [0.1, 0.15) is 25.3 Å². The van der Waals surface area contributed by atoms with Crippen molar-refractivity contribution < 1.29 is 19.2 Å². The van der Waals surface area contributed by atoms with E-state index in [1.54, 1.807) is 12.1 Å². The number of hydrogen-bond acceptors (Lipinski definition) is 6. The summed E-state index contributed by atoms with van der Waals surface area (Å²) >= 11 is 0. The SMILES string of the molecule is COC(=O)Cc1ccc(N2C[C@H](C)O[C@@H](C3CC3)C2)c([N+](=O)[O-])c1. The smallest absolute Gasteiger partial charge is 0.309 e. The van der Waals surface area contributed by atoms with Crippen LogP contribution in [0.15, 0.2) is 18.2 Å². The van der Waals surface area contributed by atoms with Crippen molar-refractivity contribution in [3.8, 4) is 0 Å². The Hall–Kier alpha value is -2.15. The Bertz CT molecular complexity index is 644. The Balaban J connectivity index is 1.85. The molecule has 7 nitrogen and oxygen atoms in total. The van der Waals surface area contributed by atoms with E-state index in [1.165, 1.54) is 26.0 Å². The molecule has 1 aromatic rings. The van der Waals surface area contributed by atoms with E-state index in [1.807, 2.05) is 11.8 Å². The summed E-state index contributed by atoms with van der Waals surface area (Å²) in [6, 6.07) is 4.96. The first-order valence-corrected chi connectivity index (χ1v) is 8.22. The molecular weight excluding hydrogens is 312 g/mol. The van der Waals surface area contributed by atoms with Gasteiger partial charge in [-0.2, -0.15) is 0 Å². The topological polar surface area (TPSA) is 81.9 Å². The highest BCUT2D eigenvalue weighted by molar-refractivity contribution is 5.74. The third-order valence-corrected chi connectivity index (χ3v) is 4.59. The molecule has 0 bridgehead atoms. The molecule has 1 aromatic carbocycles. The van der Waals surface area contributed by atoms with Crippen molar-refractivity contribution in [2.45, 2.75) is 38.4 Å². The Morgan fingerprint density at radius 2 is 2.17 bits per heavy atom. The van der Waals surface area contributed by atoms with Gasteiger partial charge >= 0.3 is 5.97 Å². The van der Waals surface area contributed by atoms with Gasteiger partial charge in [-0.15, -0.1) is 0 Å². The van der Waals surface area contributed by atoms with Crippen molar-refractivity contribution >= 4 is 17.3 Å². The maximum absolute atomic E-state index is 11.5. The number of anilines is 1. The molecule has 24 heavy (non-hydrogen) atoms. The largest absolute Gasteiger partial charge is 0.469 e. The van der Waals surface area contributed by atoms with Crippen molar-refractivity contribution in [3.63, 3.8) is 0 Å². The van der Waals surface area contributed by atoms with Crippen LogP contribution in [0, 0.1) is 16.0 Å². The molecule has 0 radical (unpaired) electrons. The Morgan fingerprint density at radius 1 is 1.42 bits per heavy atom. The molecule has 0 unspecified atom stereocenters. The molecule has 1 heterocycles. The second-order valence-electron chi connectivity index (χ2n) is 6.56. The number of hydrogen-bond donors (Lipinski definition) is 0. The minimum atomic E-state index is -0.411. The number of nitro benzene ring substituents is 1. The van der Waals surface area contributed by atoms with Crippen LogP contribution in [0.3, 0.4) is 0 Å². The molecule has 1 saturated carbocycles. The van der Waals surface area contributed by atoms with Gasteiger partial charge in [-0.05, 0) is 37.3 Å². The van der Waals surface area contributed by atoms with Crippen LogP contribution in [-0.2, 0) is 20.7 Å². The number of esters is 1. The molecule has 1 aliphatic heterocycles. The molecule has 0 spiro atoms. The number of carbonyl (C=O) groups is 1. The molecule has 7 heteroatoms. The minimum Gasteiger partial charge on any atom is -0.469 e. The maximum atomic E-state index is 11.5. The fraction of sp³-hybridized carbons (Fsp3) is 0.588. The van der Waals surface area contributed by atoms with Crippen LogP contribution in [-0.4, -0.2) is 43.3 Å². The van der Waals surface area contributed by atoms with Gasteiger partial charge in [-0.1, -0.05) is 6.07 Å². The van der Waals surface area contributed by atoms with Gasteiger partial charge in [0.2, 0.25) is 0 Å². The number of carbonyl (C=O) groups excluding carboxylic acids is 1. The van der Waals surface area contributed by atoms with E-state index in [2.05, 4.69) is 4.74 Å². The van der Waals surface area contributed by atoms with E-state index in [9.17, 15) is 14.9 Å². The Morgan fingerprint density at radius 3 is 2.79 bits per heavy atom. The second kappa shape index (κ2) is 6.76. The van der Waals surface area contributed by atoms with E-state index in [-0.39, 0.29) is 29.2 Å². The van der Waals surface area contributed by atoms with E-state index in [0.29, 0.717) is 30.3 Å². The maximum Gasteiger partial charge on any atom is 0.309 e. The van der Waals surface area contributed by atoms with E-state index < -0.39 is 5.97 Å². The summed E-state index contributed by atoms with van der Waals surface area (Å²) < 4.78 is 10.6. The highest BCUT2D eigenvalue weighted by atomic mass is 16.6. The highest BCUT2D eigenvalue weighted by Gasteiger charge is 2.38. The number of nitro groups is 1. The molecule has 1 saturated heterocycles. The lowest BCUT2D eigenvalue weighted by molar-refractivity contribution is -0.384. The standard InChI is InChI=1S/C17H22N2O5/c1-11-9-18(10-16(24-11)13-4-5-13)14-6-3-12(8-17(20)23-2)7-15(14)19(21)22/h3,6-7,11,13,16H,4-5,8-10H2,1-2H3/t11-,16+/m0/s1. The second-order valence-corrected chi connectivity index (χ2v) is 6.56. The quantitative estimate of drug-likeness (QED) is 0.467. The molecule has 2 atom stereocenters. The van der Waals surface area contributed by atoms with Crippen LogP contribution >= 0.6 is 0 Å². The van der Waals surface area contributed by atoms with Gasteiger partial charge in [-0.25, -0.2) is 0 Å². The normalized spacial score (nSPS) is 23.8. The average molecular weight is 334 g/mol. The molecule has 130 valence electrons. The van der Waals surface area contributed by atoms with E-state index in [4.69, 9.17) is 4.74 Å². The number of methoxy groups -OCH3 is 1. The van der Waals surface area contributed by atoms with Crippen LogP contribution in [0.2, 0.25) is 0 Å². The van der Waals surface area contributed by atoms with Gasteiger partial charge < -0.3 is 14.4 Å². The fourth-order valence-electron chi connectivity index (χ4n) is 3.24. The summed E-state index contributed by atoms with van der Waals surface area (Å²) in [5.41, 5.74) is 1.20. The van der Waals surface area contributed by atoms with Gasteiger partial charge in [0.25, 0.3) is 5.69 Å². The van der Waals surface area contributed by atoms with Gasteiger partial charge in [-0.3, -0.25) is 14.9 Å². The molecule has 3 rings (SSSR count). The van der Waals surface area contributed by atoms with Gasteiger partial charge in [0, 0.05) is 19.2 Å². The third-order valence-electron chi connectivity index (χ3n) is 4.59. The molecular formula is C17H22N2O5. The third kappa shape index (κ3) is 3.67. The summed E-state index contributed by atoms with van der Waals surface area (Å²) in [7, 11) is 1.30. The monoisotopic (exact) mass is 334 g/mol. The molecule has 0 N–H and O–H groups in total. The molecule has 0 amide bonds. The predicted molar refractivity (Wildman–Crippen MR) is 88.1 cm³/mol. The van der Waals surface area contributed by atoms with Crippen molar-refractivity contribution in [3.05, 3.63) is 33.9 Å². The fourth-order valence-corrected chi connectivity index (χ4v) is 3.24. The first kappa shape index (κ1) is 16.7. The van der Waals surface area contributed by atoms with E-state index in [0.717, 1.165) is 0 Å². The highest BCUT2D eigenvalue weighted by Crippen LogP contribution is 2.39. The van der Waals surface area contributed by atoms with Crippen molar-refractivity contribution in [2.75, 3.05) is 25.1 Å². The molecule has 1 aliphatic carbocycles. The summed E-state index contributed by atoms with van der Waals surface area (Å²) in [5, 5.41) is 11.5. The van der Waals surface area contributed by atoms with Crippen molar-refractivity contribution in [1.29, 1.82) is 0 Å². The molecule has 2 aliphatic rings. The van der Waals surface area contributed by atoms with Crippen molar-refractivity contribution in [1.82, 2.24) is 0 Å². The summed E-state index contributed by atoms with van der Waals surface area (Å²) in [5.74, 6) is 0.166. The summed E-state index contributed by atoms with van der Waals surface area (Å²) in [6.45, 7) is 3.30. The number of benzene rings is 1.